The molecule has 0 aromatic heterocycles. The molecule has 1 fully saturated rings. The standard InChI is InChI=1S/C13H24F3NO3S/c1-3-4-10(2)9-21(19,20)17-7-5-11(6-8-17)12(18)13(14,15)16/h10-12,18H,3-9H2,1-2H3. The summed E-state index contributed by atoms with van der Waals surface area (Å²) in [6.07, 6.45) is -5.20. The van der Waals surface area contributed by atoms with E-state index >= 15 is 0 Å². The fourth-order valence-electron chi connectivity index (χ4n) is 2.78. The number of hydrogen-bond donors (Lipinski definition) is 1. The average molecular weight is 331 g/mol. The van der Waals surface area contributed by atoms with Crippen molar-refractivity contribution in [3.05, 3.63) is 0 Å². The molecule has 0 aliphatic carbocycles. The minimum atomic E-state index is -4.64. The summed E-state index contributed by atoms with van der Waals surface area (Å²) >= 11 is 0. The van der Waals surface area contributed by atoms with Crippen molar-refractivity contribution in [2.24, 2.45) is 11.8 Å². The maximum absolute atomic E-state index is 12.4. The Morgan fingerprint density at radius 2 is 1.81 bits per heavy atom. The molecule has 1 heterocycles. The molecule has 1 aliphatic rings. The Balaban J connectivity index is 2.56. The van der Waals surface area contributed by atoms with Gasteiger partial charge in [-0.3, -0.25) is 0 Å². The summed E-state index contributed by atoms with van der Waals surface area (Å²) in [7, 11) is -3.42. The minimum Gasteiger partial charge on any atom is -0.383 e. The van der Waals surface area contributed by atoms with Gasteiger partial charge in [0.2, 0.25) is 10.0 Å². The Morgan fingerprint density at radius 3 is 2.24 bits per heavy atom. The van der Waals surface area contributed by atoms with E-state index in [4.69, 9.17) is 0 Å². The van der Waals surface area contributed by atoms with Crippen molar-refractivity contribution < 1.29 is 26.7 Å². The molecule has 1 N–H and O–H groups in total. The van der Waals surface area contributed by atoms with Crippen LogP contribution in [0.15, 0.2) is 0 Å². The number of hydrogen-bond acceptors (Lipinski definition) is 3. The molecule has 21 heavy (non-hydrogen) atoms. The highest BCUT2D eigenvalue weighted by Crippen LogP contribution is 2.32. The zero-order chi connectivity index (χ0) is 16.3. The Bertz CT molecular complexity index is 417. The SMILES string of the molecule is CCCC(C)CS(=O)(=O)N1CCC(C(O)C(F)(F)F)CC1. The van der Waals surface area contributed by atoms with Gasteiger partial charge in [0.05, 0.1) is 5.75 Å². The second kappa shape index (κ2) is 7.28. The summed E-state index contributed by atoms with van der Waals surface area (Å²) in [5.41, 5.74) is 0. The first-order valence-electron chi connectivity index (χ1n) is 7.30. The van der Waals surface area contributed by atoms with Crippen LogP contribution in [-0.4, -0.2) is 49.0 Å². The summed E-state index contributed by atoms with van der Waals surface area (Å²) in [6.45, 7) is 3.95. The lowest BCUT2D eigenvalue weighted by molar-refractivity contribution is -0.222. The van der Waals surface area contributed by atoms with Gasteiger partial charge in [0, 0.05) is 13.1 Å². The molecule has 126 valence electrons. The van der Waals surface area contributed by atoms with Crippen LogP contribution in [-0.2, 0) is 10.0 Å². The number of aliphatic hydroxyl groups is 1. The molecule has 8 heteroatoms. The average Bonchev–Trinajstić information content (AvgIpc) is 2.36. The minimum absolute atomic E-state index is 0.0351. The van der Waals surface area contributed by atoms with Gasteiger partial charge in [0.15, 0.2) is 6.10 Å². The monoisotopic (exact) mass is 331 g/mol. The van der Waals surface area contributed by atoms with E-state index in [0.29, 0.717) is 0 Å². The van der Waals surface area contributed by atoms with Crippen molar-refractivity contribution in [3.8, 4) is 0 Å². The van der Waals surface area contributed by atoms with Gasteiger partial charge >= 0.3 is 6.18 Å². The lowest BCUT2D eigenvalue weighted by Crippen LogP contribution is -2.46. The quantitative estimate of drug-likeness (QED) is 0.813. The summed E-state index contributed by atoms with van der Waals surface area (Å²) in [6, 6.07) is 0. The molecule has 2 unspecified atom stereocenters. The normalized spacial score (nSPS) is 22.2. The second-order valence-electron chi connectivity index (χ2n) is 5.90. The van der Waals surface area contributed by atoms with Crippen LogP contribution in [0, 0.1) is 11.8 Å². The lowest BCUT2D eigenvalue weighted by Gasteiger charge is -2.34. The topological polar surface area (TPSA) is 57.6 Å². The van der Waals surface area contributed by atoms with Gasteiger partial charge in [-0.15, -0.1) is 0 Å². The highest BCUT2D eigenvalue weighted by atomic mass is 32.2. The van der Waals surface area contributed by atoms with Gasteiger partial charge in [-0.25, -0.2) is 12.7 Å². The Kier molecular flexibility index (Phi) is 6.49. The van der Waals surface area contributed by atoms with Crippen molar-refractivity contribution in [1.29, 1.82) is 0 Å². The molecule has 0 radical (unpaired) electrons. The van der Waals surface area contributed by atoms with Crippen molar-refractivity contribution in [2.75, 3.05) is 18.8 Å². The molecular weight excluding hydrogens is 307 g/mol. The fourth-order valence-corrected chi connectivity index (χ4v) is 4.64. The highest BCUT2D eigenvalue weighted by Gasteiger charge is 2.45. The van der Waals surface area contributed by atoms with E-state index in [2.05, 4.69) is 0 Å². The Labute approximate surface area is 124 Å². The number of alkyl halides is 3. The van der Waals surface area contributed by atoms with E-state index in [1.54, 1.807) is 0 Å². The third-order valence-corrected chi connectivity index (χ3v) is 6.09. The highest BCUT2D eigenvalue weighted by molar-refractivity contribution is 7.89. The smallest absolute Gasteiger partial charge is 0.383 e. The van der Waals surface area contributed by atoms with E-state index in [0.717, 1.165) is 12.8 Å². The Hall–Kier alpha value is -0.340. The number of piperidine rings is 1. The van der Waals surface area contributed by atoms with Crippen LogP contribution >= 0.6 is 0 Å². The fraction of sp³-hybridized carbons (Fsp3) is 1.00. The lowest BCUT2D eigenvalue weighted by atomic mass is 9.92. The molecule has 1 rings (SSSR count). The molecule has 1 saturated heterocycles. The van der Waals surface area contributed by atoms with E-state index < -0.39 is 28.2 Å². The molecule has 1 aliphatic heterocycles. The predicted molar refractivity (Wildman–Crippen MR) is 74.2 cm³/mol. The van der Waals surface area contributed by atoms with E-state index in [1.165, 1.54) is 4.31 Å². The molecule has 0 aromatic carbocycles. The third kappa shape index (κ3) is 5.41. The third-order valence-electron chi connectivity index (χ3n) is 3.95. The molecule has 0 spiro atoms. The van der Waals surface area contributed by atoms with Crippen LogP contribution in [0.4, 0.5) is 13.2 Å². The van der Waals surface area contributed by atoms with Crippen molar-refractivity contribution in [2.45, 2.75) is 51.8 Å². The first kappa shape index (κ1) is 18.7. The predicted octanol–water partition coefficient (Wildman–Crippen LogP) is 2.39. The van der Waals surface area contributed by atoms with Crippen LogP contribution in [0.1, 0.15) is 39.5 Å². The van der Waals surface area contributed by atoms with Crippen LogP contribution in [0.2, 0.25) is 0 Å². The number of halogens is 3. The Morgan fingerprint density at radius 1 is 1.29 bits per heavy atom. The first-order chi connectivity index (χ1) is 9.58. The van der Waals surface area contributed by atoms with Gasteiger partial charge in [-0.1, -0.05) is 20.3 Å². The summed E-state index contributed by atoms with van der Waals surface area (Å²) in [5.74, 6) is -0.837. The van der Waals surface area contributed by atoms with Crippen LogP contribution in [0.5, 0.6) is 0 Å². The van der Waals surface area contributed by atoms with E-state index in [-0.39, 0.29) is 37.6 Å². The molecule has 2 atom stereocenters. The van der Waals surface area contributed by atoms with Gasteiger partial charge in [0.1, 0.15) is 0 Å². The largest absolute Gasteiger partial charge is 0.414 e. The van der Waals surface area contributed by atoms with Crippen LogP contribution in [0.3, 0.4) is 0 Å². The van der Waals surface area contributed by atoms with Gasteiger partial charge in [-0.05, 0) is 31.1 Å². The van der Waals surface area contributed by atoms with Gasteiger partial charge in [-0.2, -0.15) is 13.2 Å². The summed E-state index contributed by atoms with van der Waals surface area (Å²) < 4.78 is 63.0. The van der Waals surface area contributed by atoms with Crippen molar-refractivity contribution in [3.63, 3.8) is 0 Å². The number of rotatable bonds is 6. The molecule has 0 bridgehead atoms. The van der Waals surface area contributed by atoms with Gasteiger partial charge in [0.25, 0.3) is 0 Å². The van der Waals surface area contributed by atoms with Gasteiger partial charge < -0.3 is 5.11 Å². The van der Waals surface area contributed by atoms with Crippen LogP contribution < -0.4 is 0 Å². The number of nitrogens with zero attached hydrogens (tertiary/aromatic N) is 1. The zero-order valence-corrected chi connectivity index (χ0v) is 13.3. The van der Waals surface area contributed by atoms with E-state index in [1.807, 2.05) is 13.8 Å². The number of aliphatic hydroxyl groups excluding tert-OH is 1. The molecule has 0 aromatic rings. The molecule has 4 nitrogen and oxygen atoms in total. The zero-order valence-electron chi connectivity index (χ0n) is 12.4. The number of sulfonamides is 1. The molecular formula is C13H24F3NO3S. The first-order valence-corrected chi connectivity index (χ1v) is 8.91. The molecule has 0 amide bonds. The maximum Gasteiger partial charge on any atom is 0.414 e. The summed E-state index contributed by atoms with van der Waals surface area (Å²) in [4.78, 5) is 0. The van der Waals surface area contributed by atoms with E-state index in [9.17, 15) is 26.7 Å². The maximum atomic E-state index is 12.4. The summed E-state index contributed by atoms with van der Waals surface area (Å²) in [5, 5.41) is 9.22. The molecule has 0 saturated carbocycles. The van der Waals surface area contributed by atoms with Crippen molar-refractivity contribution in [1.82, 2.24) is 4.31 Å². The van der Waals surface area contributed by atoms with Crippen LogP contribution in [0.25, 0.3) is 0 Å². The van der Waals surface area contributed by atoms with Crippen molar-refractivity contribution >= 4 is 10.0 Å². The second-order valence-corrected chi connectivity index (χ2v) is 7.91.